The quantitative estimate of drug-likeness (QED) is 0.839. The second kappa shape index (κ2) is 4.94. The van der Waals surface area contributed by atoms with Gasteiger partial charge in [0.25, 0.3) is 0 Å². The highest BCUT2D eigenvalue weighted by molar-refractivity contribution is 5.87. The number of rotatable bonds is 5. The molecule has 18 heavy (non-hydrogen) atoms. The average Bonchev–Trinajstić information content (AvgIpc) is 3.17. The maximum absolute atomic E-state index is 10.7. The number of carbonyl (C=O) groups is 1. The maximum Gasteiger partial charge on any atom is 0.335 e. The van der Waals surface area contributed by atoms with Gasteiger partial charge >= 0.3 is 5.97 Å². The number of aromatic carboxylic acids is 1. The minimum atomic E-state index is -0.923. The molecule has 1 saturated carbocycles. The Balaban J connectivity index is 2.03. The lowest BCUT2D eigenvalue weighted by molar-refractivity contribution is 0.0697. The summed E-state index contributed by atoms with van der Waals surface area (Å²) in [6.45, 7) is 2.10. The number of hydrogen-bond acceptors (Lipinski definition) is 2. The molecule has 0 radical (unpaired) electrons. The number of aliphatic hydroxyl groups is 1. The van der Waals surface area contributed by atoms with Gasteiger partial charge in [-0.15, -0.1) is 0 Å². The smallest absolute Gasteiger partial charge is 0.335 e. The first-order valence-corrected chi connectivity index (χ1v) is 6.27. The summed E-state index contributed by atoms with van der Waals surface area (Å²) >= 11 is 0. The second-order valence-electron chi connectivity index (χ2n) is 4.95. The Bertz CT molecular complexity index is 455. The first-order valence-electron chi connectivity index (χ1n) is 6.27. The van der Waals surface area contributed by atoms with Gasteiger partial charge in [-0.25, -0.2) is 4.79 Å². The zero-order chi connectivity index (χ0) is 13.2. The van der Waals surface area contributed by atoms with Crippen LogP contribution in [0.25, 0.3) is 6.08 Å². The highest BCUT2D eigenvalue weighted by atomic mass is 16.4. The van der Waals surface area contributed by atoms with Gasteiger partial charge in [0.15, 0.2) is 0 Å². The van der Waals surface area contributed by atoms with E-state index in [1.54, 1.807) is 24.3 Å². The molecule has 2 N–H and O–H groups in total. The van der Waals surface area contributed by atoms with Crippen LogP contribution in [0.5, 0.6) is 0 Å². The van der Waals surface area contributed by atoms with Crippen LogP contribution in [-0.2, 0) is 0 Å². The van der Waals surface area contributed by atoms with E-state index >= 15 is 0 Å². The maximum atomic E-state index is 10.7. The van der Waals surface area contributed by atoms with Crippen molar-refractivity contribution in [1.29, 1.82) is 0 Å². The van der Waals surface area contributed by atoms with Gasteiger partial charge in [0.05, 0.1) is 11.7 Å². The monoisotopic (exact) mass is 246 g/mol. The van der Waals surface area contributed by atoms with Crippen molar-refractivity contribution in [1.82, 2.24) is 0 Å². The van der Waals surface area contributed by atoms with Crippen LogP contribution >= 0.6 is 0 Å². The molecule has 0 spiro atoms. The van der Waals surface area contributed by atoms with E-state index in [1.165, 1.54) is 0 Å². The van der Waals surface area contributed by atoms with Crippen LogP contribution < -0.4 is 0 Å². The molecule has 96 valence electrons. The number of carboxylic acid groups (broad SMARTS) is 1. The standard InChI is InChI=1S/C15H18O3/c1-2-15(9-10-15)13(16)8-5-11-3-6-12(7-4-11)14(17)18/h3-8,13,16H,2,9-10H2,1H3,(H,17,18). The summed E-state index contributed by atoms with van der Waals surface area (Å²) in [7, 11) is 0. The van der Waals surface area contributed by atoms with Crippen LogP contribution in [0.1, 0.15) is 42.1 Å². The molecule has 0 bridgehead atoms. The van der Waals surface area contributed by atoms with E-state index in [0.717, 1.165) is 24.8 Å². The van der Waals surface area contributed by atoms with Gasteiger partial charge in [-0.1, -0.05) is 31.2 Å². The molecule has 1 aromatic carbocycles. The van der Waals surface area contributed by atoms with Gasteiger partial charge in [0.1, 0.15) is 0 Å². The van der Waals surface area contributed by atoms with Gasteiger partial charge in [-0.05, 0) is 42.4 Å². The van der Waals surface area contributed by atoms with Crippen molar-refractivity contribution in [3.63, 3.8) is 0 Å². The Morgan fingerprint density at radius 3 is 2.44 bits per heavy atom. The lowest BCUT2D eigenvalue weighted by atomic mass is 9.95. The van der Waals surface area contributed by atoms with Crippen LogP contribution in [0.3, 0.4) is 0 Å². The molecule has 1 aliphatic carbocycles. The molecule has 1 aromatic rings. The lowest BCUT2D eigenvalue weighted by Crippen LogP contribution is -2.18. The summed E-state index contributed by atoms with van der Waals surface area (Å²) in [6, 6.07) is 6.64. The molecule has 1 atom stereocenters. The van der Waals surface area contributed by atoms with Crippen molar-refractivity contribution in [2.24, 2.45) is 5.41 Å². The van der Waals surface area contributed by atoms with Crippen molar-refractivity contribution < 1.29 is 15.0 Å². The Kier molecular flexibility index (Phi) is 3.53. The Morgan fingerprint density at radius 1 is 1.39 bits per heavy atom. The van der Waals surface area contributed by atoms with Gasteiger partial charge in [-0.3, -0.25) is 0 Å². The molecule has 1 unspecified atom stereocenters. The Morgan fingerprint density at radius 2 is 2.00 bits per heavy atom. The van der Waals surface area contributed by atoms with Crippen LogP contribution in [0.2, 0.25) is 0 Å². The molecule has 0 saturated heterocycles. The third kappa shape index (κ3) is 2.62. The van der Waals surface area contributed by atoms with Crippen molar-refractivity contribution in [3.8, 4) is 0 Å². The normalized spacial score (nSPS) is 18.8. The van der Waals surface area contributed by atoms with E-state index in [0.29, 0.717) is 0 Å². The van der Waals surface area contributed by atoms with E-state index in [1.807, 2.05) is 12.2 Å². The van der Waals surface area contributed by atoms with E-state index in [2.05, 4.69) is 6.92 Å². The van der Waals surface area contributed by atoms with Gasteiger partial charge in [0, 0.05) is 0 Å². The third-order valence-electron chi connectivity index (χ3n) is 3.85. The SMILES string of the molecule is CCC1(C(O)C=Cc2ccc(C(=O)O)cc2)CC1. The topological polar surface area (TPSA) is 57.5 Å². The van der Waals surface area contributed by atoms with E-state index < -0.39 is 12.1 Å². The predicted molar refractivity (Wildman–Crippen MR) is 70.4 cm³/mol. The lowest BCUT2D eigenvalue weighted by Gasteiger charge is -2.16. The van der Waals surface area contributed by atoms with Gasteiger partial charge < -0.3 is 10.2 Å². The summed E-state index contributed by atoms with van der Waals surface area (Å²) in [6.07, 6.45) is 6.44. The molecular formula is C15H18O3. The van der Waals surface area contributed by atoms with Gasteiger partial charge in [0.2, 0.25) is 0 Å². The highest BCUT2D eigenvalue weighted by Gasteiger charge is 2.45. The summed E-state index contributed by atoms with van der Waals surface area (Å²) in [5.41, 5.74) is 1.28. The zero-order valence-corrected chi connectivity index (χ0v) is 10.5. The summed E-state index contributed by atoms with van der Waals surface area (Å²) < 4.78 is 0. The van der Waals surface area contributed by atoms with Crippen molar-refractivity contribution in [2.75, 3.05) is 0 Å². The van der Waals surface area contributed by atoms with E-state index in [-0.39, 0.29) is 11.0 Å². The first kappa shape index (κ1) is 12.8. The largest absolute Gasteiger partial charge is 0.478 e. The van der Waals surface area contributed by atoms with Crippen molar-refractivity contribution in [3.05, 3.63) is 41.5 Å². The molecule has 0 aliphatic heterocycles. The average molecular weight is 246 g/mol. The minimum Gasteiger partial charge on any atom is -0.478 e. The Labute approximate surface area is 107 Å². The third-order valence-corrected chi connectivity index (χ3v) is 3.85. The van der Waals surface area contributed by atoms with Crippen LogP contribution in [-0.4, -0.2) is 22.3 Å². The summed E-state index contributed by atoms with van der Waals surface area (Å²) in [5.74, 6) is -0.923. The number of benzene rings is 1. The predicted octanol–water partition coefficient (Wildman–Crippen LogP) is 2.95. The summed E-state index contributed by atoms with van der Waals surface area (Å²) in [4.78, 5) is 10.7. The fourth-order valence-corrected chi connectivity index (χ4v) is 2.16. The molecule has 1 fully saturated rings. The molecule has 3 heteroatoms. The Hall–Kier alpha value is -1.61. The second-order valence-corrected chi connectivity index (χ2v) is 4.95. The first-order chi connectivity index (χ1) is 8.57. The molecule has 1 aliphatic rings. The minimum absolute atomic E-state index is 0.0947. The molecule has 0 amide bonds. The highest BCUT2D eigenvalue weighted by Crippen LogP contribution is 2.52. The fourth-order valence-electron chi connectivity index (χ4n) is 2.16. The number of hydrogen-bond donors (Lipinski definition) is 2. The van der Waals surface area contributed by atoms with E-state index in [9.17, 15) is 9.90 Å². The van der Waals surface area contributed by atoms with Gasteiger partial charge in [-0.2, -0.15) is 0 Å². The van der Waals surface area contributed by atoms with Crippen LogP contribution in [0, 0.1) is 5.41 Å². The molecule has 2 rings (SSSR count). The molecule has 0 aromatic heterocycles. The molecular weight excluding hydrogens is 228 g/mol. The fraction of sp³-hybridized carbons (Fsp3) is 0.400. The molecule has 0 heterocycles. The summed E-state index contributed by atoms with van der Waals surface area (Å²) in [5, 5.41) is 18.8. The number of carboxylic acids is 1. The van der Waals surface area contributed by atoms with Crippen molar-refractivity contribution >= 4 is 12.0 Å². The molecule has 3 nitrogen and oxygen atoms in total. The number of aliphatic hydroxyl groups excluding tert-OH is 1. The van der Waals surface area contributed by atoms with Crippen LogP contribution in [0.4, 0.5) is 0 Å². The van der Waals surface area contributed by atoms with Crippen LogP contribution in [0.15, 0.2) is 30.3 Å². The zero-order valence-electron chi connectivity index (χ0n) is 10.5. The van der Waals surface area contributed by atoms with E-state index in [4.69, 9.17) is 5.11 Å². The van der Waals surface area contributed by atoms with Crippen molar-refractivity contribution in [2.45, 2.75) is 32.3 Å².